The van der Waals surface area contributed by atoms with Gasteiger partial charge in [-0.1, -0.05) is 42.1 Å². The van der Waals surface area contributed by atoms with E-state index in [4.69, 9.17) is 9.40 Å². The first-order valence-electron chi connectivity index (χ1n) is 9.18. The predicted molar refractivity (Wildman–Crippen MR) is 119 cm³/mol. The summed E-state index contributed by atoms with van der Waals surface area (Å²) in [5.41, 5.74) is 1.34. The van der Waals surface area contributed by atoms with Crippen molar-refractivity contribution in [1.82, 2.24) is 20.2 Å². The van der Waals surface area contributed by atoms with Gasteiger partial charge in [0.25, 0.3) is 5.69 Å². The fraction of sp³-hybridized carbons (Fsp3) is 0.0476. The summed E-state index contributed by atoms with van der Waals surface area (Å²) in [7, 11) is 0. The molecule has 0 bridgehead atoms. The van der Waals surface area contributed by atoms with Crippen LogP contribution in [0.25, 0.3) is 33.1 Å². The van der Waals surface area contributed by atoms with Crippen molar-refractivity contribution >= 4 is 39.7 Å². The number of thioether (sulfide) groups is 1. The van der Waals surface area contributed by atoms with Gasteiger partial charge in [0.1, 0.15) is 5.03 Å². The number of thiophene rings is 1. The van der Waals surface area contributed by atoms with Gasteiger partial charge in [0.2, 0.25) is 11.8 Å². The fourth-order valence-electron chi connectivity index (χ4n) is 2.98. The summed E-state index contributed by atoms with van der Waals surface area (Å²) in [4.78, 5) is 21.0. The van der Waals surface area contributed by atoms with Gasteiger partial charge in [0.15, 0.2) is 5.82 Å². The van der Waals surface area contributed by atoms with Gasteiger partial charge in [-0.05, 0) is 23.6 Å². The molecule has 0 amide bonds. The summed E-state index contributed by atoms with van der Waals surface area (Å²) < 4.78 is 5.73. The zero-order valence-electron chi connectivity index (χ0n) is 15.8. The van der Waals surface area contributed by atoms with E-state index in [2.05, 4.69) is 15.2 Å². The number of hydrogen-bond acceptors (Lipinski definition) is 9. The summed E-state index contributed by atoms with van der Waals surface area (Å²) in [6.45, 7) is 0. The van der Waals surface area contributed by atoms with Crippen LogP contribution in [0.5, 0.6) is 0 Å². The second-order valence-electron chi connectivity index (χ2n) is 6.44. The van der Waals surface area contributed by atoms with Crippen LogP contribution in [0, 0.1) is 10.1 Å². The Morgan fingerprint density at radius 2 is 1.94 bits per heavy atom. The lowest BCUT2D eigenvalue weighted by molar-refractivity contribution is -0.384. The number of para-hydroxylation sites is 1. The number of hydrogen-bond donors (Lipinski definition) is 0. The molecule has 0 aliphatic rings. The molecule has 0 saturated carbocycles. The standard InChI is InChI=1S/C21H13N5O3S2/c27-26(28)14-6-3-5-13(11-14)20-25-24-18(29-20)12-31-21-15-7-1-2-8-16(15)22-19(23-21)17-9-4-10-30-17/h1-11H,12H2. The van der Waals surface area contributed by atoms with Gasteiger partial charge < -0.3 is 4.42 Å². The molecular weight excluding hydrogens is 434 g/mol. The summed E-state index contributed by atoms with van der Waals surface area (Å²) >= 11 is 3.07. The second kappa shape index (κ2) is 8.25. The van der Waals surface area contributed by atoms with Crippen LogP contribution in [-0.4, -0.2) is 25.1 Å². The number of nitro benzene ring substituents is 1. The van der Waals surface area contributed by atoms with E-state index in [1.54, 1.807) is 23.5 Å². The van der Waals surface area contributed by atoms with Gasteiger partial charge in [0, 0.05) is 23.1 Å². The van der Waals surface area contributed by atoms with Crippen molar-refractivity contribution < 1.29 is 9.34 Å². The molecule has 0 radical (unpaired) electrons. The van der Waals surface area contributed by atoms with Gasteiger partial charge in [0.05, 0.1) is 21.1 Å². The molecule has 0 atom stereocenters. The Morgan fingerprint density at radius 1 is 1.03 bits per heavy atom. The summed E-state index contributed by atoms with van der Waals surface area (Å²) in [5, 5.41) is 22.9. The molecule has 0 N–H and O–H groups in total. The van der Waals surface area contributed by atoms with E-state index in [0.29, 0.717) is 23.0 Å². The average molecular weight is 448 g/mol. The monoisotopic (exact) mass is 447 g/mol. The lowest BCUT2D eigenvalue weighted by atomic mass is 10.2. The van der Waals surface area contributed by atoms with Gasteiger partial charge in [-0.25, -0.2) is 9.97 Å². The number of rotatable bonds is 6. The Kier molecular flexibility index (Phi) is 5.14. The number of nitro groups is 1. The van der Waals surface area contributed by atoms with Crippen LogP contribution in [-0.2, 0) is 5.75 Å². The normalized spacial score (nSPS) is 11.1. The minimum Gasteiger partial charge on any atom is -0.420 e. The number of benzene rings is 2. The van der Waals surface area contributed by atoms with Crippen molar-refractivity contribution in [2.24, 2.45) is 0 Å². The topological polar surface area (TPSA) is 108 Å². The van der Waals surface area contributed by atoms with Crippen LogP contribution >= 0.6 is 23.1 Å². The van der Waals surface area contributed by atoms with Crippen LogP contribution in [0.3, 0.4) is 0 Å². The van der Waals surface area contributed by atoms with Crippen molar-refractivity contribution in [2.45, 2.75) is 10.8 Å². The summed E-state index contributed by atoms with van der Waals surface area (Å²) in [6, 6.07) is 17.9. The minimum atomic E-state index is -0.456. The lowest BCUT2D eigenvalue weighted by Crippen LogP contribution is -1.93. The Morgan fingerprint density at radius 3 is 2.77 bits per heavy atom. The van der Waals surface area contributed by atoms with Crippen molar-refractivity contribution in [2.75, 3.05) is 0 Å². The van der Waals surface area contributed by atoms with E-state index in [1.165, 1.54) is 23.9 Å². The molecule has 2 aromatic carbocycles. The fourth-order valence-corrected chi connectivity index (χ4v) is 4.50. The maximum Gasteiger partial charge on any atom is 0.270 e. The van der Waals surface area contributed by atoms with Crippen LogP contribution in [0.2, 0.25) is 0 Å². The first kappa shape index (κ1) is 19.3. The third kappa shape index (κ3) is 4.03. The smallest absolute Gasteiger partial charge is 0.270 e. The molecule has 10 heteroatoms. The third-order valence-corrected chi connectivity index (χ3v) is 6.25. The predicted octanol–water partition coefficient (Wildman–Crippen LogP) is 5.61. The summed E-state index contributed by atoms with van der Waals surface area (Å²) in [5.74, 6) is 1.74. The van der Waals surface area contributed by atoms with Crippen LogP contribution < -0.4 is 0 Å². The molecule has 0 aliphatic heterocycles. The maximum atomic E-state index is 11.0. The molecule has 31 heavy (non-hydrogen) atoms. The van der Waals surface area contributed by atoms with E-state index in [-0.39, 0.29) is 11.6 Å². The van der Waals surface area contributed by atoms with Crippen molar-refractivity contribution in [3.63, 3.8) is 0 Å². The van der Waals surface area contributed by atoms with Gasteiger partial charge in [-0.2, -0.15) is 0 Å². The summed E-state index contributed by atoms with van der Waals surface area (Å²) in [6.07, 6.45) is 0. The van der Waals surface area contributed by atoms with E-state index in [0.717, 1.165) is 20.8 Å². The molecular formula is C21H13N5O3S2. The quantitative estimate of drug-likeness (QED) is 0.143. The highest BCUT2D eigenvalue weighted by Crippen LogP contribution is 2.32. The highest BCUT2D eigenvalue weighted by Gasteiger charge is 2.15. The zero-order chi connectivity index (χ0) is 21.2. The van der Waals surface area contributed by atoms with Crippen LogP contribution in [0.15, 0.2) is 75.5 Å². The van der Waals surface area contributed by atoms with Crippen LogP contribution in [0.1, 0.15) is 5.89 Å². The van der Waals surface area contributed by atoms with Crippen molar-refractivity contribution in [3.8, 4) is 22.2 Å². The van der Waals surface area contributed by atoms with Gasteiger partial charge in [-0.15, -0.1) is 21.5 Å². The molecule has 152 valence electrons. The molecule has 0 unspecified atom stereocenters. The first-order chi connectivity index (χ1) is 15.2. The Labute approximate surface area is 184 Å². The highest BCUT2D eigenvalue weighted by atomic mass is 32.2. The highest BCUT2D eigenvalue weighted by molar-refractivity contribution is 7.98. The van der Waals surface area contributed by atoms with Crippen molar-refractivity contribution in [3.05, 3.63) is 82.0 Å². The number of fused-ring (bicyclic) bond motifs is 1. The number of nitrogens with zero attached hydrogens (tertiary/aromatic N) is 5. The molecule has 0 aliphatic carbocycles. The van der Waals surface area contributed by atoms with Crippen LogP contribution in [0.4, 0.5) is 5.69 Å². The molecule has 3 heterocycles. The Bertz CT molecular complexity index is 1390. The Balaban J connectivity index is 1.42. The van der Waals surface area contributed by atoms with E-state index in [1.807, 2.05) is 41.8 Å². The maximum absolute atomic E-state index is 11.0. The largest absolute Gasteiger partial charge is 0.420 e. The number of non-ortho nitro benzene ring substituents is 1. The number of aromatic nitrogens is 4. The van der Waals surface area contributed by atoms with Crippen molar-refractivity contribution in [1.29, 1.82) is 0 Å². The Hall–Kier alpha value is -3.63. The molecule has 0 fully saturated rings. The third-order valence-electron chi connectivity index (χ3n) is 4.41. The molecule has 0 spiro atoms. The molecule has 5 aromatic rings. The van der Waals surface area contributed by atoms with E-state index in [9.17, 15) is 10.1 Å². The van der Waals surface area contributed by atoms with E-state index < -0.39 is 4.92 Å². The molecule has 3 aromatic heterocycles. The zero-order valence-corrected chi connectivity index (χ0v) is 17.5. The lowest BCUT2D eigenvalue weighted by Gasteiger charge is -2.06. The second-order valence-corrected chi connectivity index (χ2v) is 8.36. The first-order valence-corrected chi connectivity index (χ1v) is 11.0. The average Bonchev–Trinajstić information content (AvgIpc) is 3.50. The molecule has 0 saturated heterocycles. The SMILES string of the molecule is O=[N+]([O-])c1cccc(-c2nnc(CSc3nc(-c4cccs4)nc4ccccc34)o2)c1. The molecule has 8 nitrogen and oxygen atoms in total. The van der Waals surface area contributed by atoms with Gasteiger partial charge >= 0.3 is 0 Å². The van der Waals surface area contributed by atoms with Gasteiger partial charge in [-0.3, -0.25) is 10.1 Å². The molecule has 5 rings (SSSR count). The minimum absolute atomic E-state index is 0.0276. The van der Waals surface area contributed by atoms with E-state index >= 15 is 0 Å².